The number of amides is 1. The molecule has 0 saturated heterocycles. The molecule has 0 aliphatic rings. The van der Waals surface area contributed by atoms with Crippen molar-refractivity contribution < 1.29 is 14.3 Å². The molecular formula is C17H22FNO2. The minimum Gasteiger partial charge on any atom is -0.384 e. The number of hydrogen-bond acceptors (Lipinski definition) is 2. The molecule has 114 valence electrons. The summed E-state index contributed by atoms with van der Waals surface area (Å²) in [6, 6.07) is 3.88. The van der Waals surface area contributed by atoms with Crippen LogP contribution in [0.15, 0.2) is 18.2 Å². The molecule has 0 bridgehead atoms. The van der Waals surface area contributed by atoms with E-state index in [2.05, 4.69) is 17.2 Å². The largest absolute Gasteiger partial charge is 0.384 e. The molecule has 0 heterocycles. The van der Waals surface area contributed by atoms with E-state index in [1.807, 2.05) is 20.8 Å². The summed E-state index contributed by atoms with van der Waals surface area (Å²) in [4.78, 5) is 12.5. The van der Waals surface area contributed by atoms with Crippen LogP contribution < -0.4 is 5.32 Å². The molecule has 0 aliphatic carbocycles. The lowest BCUT2D eigenvalue weighted by Gasteiger charge is -2.32. The van der Waals surface area contributed by atoms with Crippen LogP contribution in [0, 0.1) is 17.7 Å². The fourth-order valence-corrected chi connectivity index (χ4v) is 2.28. The van der Waals surface area contributed by atoms with E-state index < -0.39 is 5.82 Å². The van der Waals surface area contributed by atoms with Gasteiger partial charge in [0.15, 0.2) is 0 Å². The Balaban J connectivity index is 3.12. The van der Waals surface area contributed by atoms with Crippen molar-refractivity contribution in [3.8, 4) is 11.8 Å². The highest BCUT2D eigenvalue weighted by Gasteiger charge is 2.27. The van der Waals surface area contributed by atoms with Crippen molar-refractivity contribution in [3.63, 3.8) is 0 Å². The zero-order valence-corrected chi connectivity index (χ0v) is 12.8. The molecule has 1 aromatic carbocycles. The zero-order valence-electron chi connectivity index (χ0n) is 12.8. The van der Waals surface area contributed by atoms with Gasteiger partial charge in [-0.25, -0.2) is 4.39 Å². The van der Waals surface area contributed by atoms with Crippen LogP contribution in [-0.4, -0.2) is 23.2 Å². The molecular weight excluding hydrogens is 269 g/mol. The van der Waals surface area contributed by atoms with Crippen LogP contribution in [0.3, 0.4) is 0 Å². The summed E-state index contributed by atoms with van der Waals surface area (Å²) in [6.07, 6.45) is 2.47. The maximum atomic E-state index is 13.3. The molecule has 0 radical (unpaired) electrons. The van der Waals surface area contributed by atoms with Gasteiger partial charge in [-0.3, -0.25) is 4.79 Å². The predicted octanol–water partition coefficient (Wildman–Crippen LogP) is 2.87. The Labute approximate surface area is 125 Å². The van der Waals surface area contributed by atoms with E-state index in [1.54, 1.807) is 0 Å². The van der Waals surface area contributed by atoms with Crippen LogP contribution in [0.5, 0.6) is 0 Å². The highest BCUT2D eigenvalue weighted by atomic mass is 19.1. The molecule has 1 amide bonds. The third-order valence-electron chi connectivity index (χ3n) is 3.94. The van der Waals surface area contributed by atoms with Gasteiger partial charge in [-0.2, -0.15) is 0 Å². The third kappa shape index (κ3) is 4.30. The summed E-state index contributed by atoms with van der Waals surface area (Å²) < 4.78 is 13.3. The summed E-state index contributed by atoms with van der Waals surface area (Å²) in [6.45, 7) is 5.76. The normalized spacial score (nSPS) is 10.7. The maximum Gasteiger partial charge on any atom is 0.252 e. The molecule has 0 fully saturated rings. The molecule has 1 rings (SSSR count). The highest BCUT2D eigenvalue weighted by molar-refractivity contribution is 5.97. The molecule has 0 saturated carbocycles. The van der Waals surface area contributed by atoms with Gasteiger partial charge in [-0.05, 0) is 37.5 Å². The molecule has 0 aromatic heterocycles. The van der Waals surface area contributed by atoms with Gasteiger partial charge in [-0.15, -0.1) is 0 Å². The Hall–Kier alpha value is -1.86. The molecule has 3 nitrogen and oxygen atoms in total. The first-order valence-corrected chi connectivity index (χ1v) is 7.23. The smallest absolute Gasteiger partial charge is 0.252 e. The summed E-state index contributed by atoms with van der Waals surface area (Å²) >= 11 is 0. The van der Waals surface area contributed by atoms with E-state index in [4.69, 9.17) is 5.11 Å². The average molecular weight is 291 g/mol. The van der Waals surface area contributed by atoms with Crippen LogP contribution in [0.4, 0.5) is 4.39 Å². The Morgan fingerprint density at radius 2 is 1.90 bits per heavy atom. The number of aliphatic hydroxyl groups excluding tert-OH is 1. The number of nitrogens with one attached hydrogen (secondary N) is 1. The van der Waals surface area contributed by atoms with Crippen molar-refractivity contribution >= 4 is 5.91 Å². The van der Waals surface area contributed by atoms with Crippen molar-refractivity contribution in [1.29, 1.82) is 0 Å². The quantitative estimate of drug-likeness (QED) is 0.820. The number of halogens is 1. The van der Waals surface area contributed by atoms with Gasteiger partial charge in [-0.1, -0.05) is 32.6 Å². The van der Waals surface area contributed by atoms with Crippen molar-refractivity contribution in [2.24, 2.45) is 0 Å². The number of carbonyl (C=O) groups is 1. The van der Waals surface area contributed by atoms with Gasteiger partial charge >= 0.3 is 0 Å². The molecule has 0 atom stereocenters. The topological polar surface area (TPSA) is 49.3 Å². The minimum absolute atomic E-state index is 0.257. The lowest BCUT2D eigenvalue weighted by atomic mass is 9.89. The second-order valence-electron chi connectivity index (χ2n) is 4.94. The van der Waals surface area contributed by atoms with Crippen LogP contribution in [0.25, 0.3) is 0 Å². The number of hydrogen-bond donors (Lipinski definition) is 2. The lowest BCUT2D eigenvalue weighted by Crippen LogP contribution is -2.47. The molecule has 0 spiro atoms. The Kier molecular flexibility index (Phi) is 6.39. The van der Waals surface area contributed by atoms with Crippen LogP contribution >= 0.6 is 0 Å². The lowest BCUT2D eigenvalue weighted by molar-refractivity contribution is 0.0888. The summed E-state index contributed by atoms with van der Waals surface area (Å²) in [5.74, 6) is 4.36. The van der Waals surface area contributed by atoms with Gasteiger partial charge in [0.2, 0.25) is 0 Å². The van der Waals surface area contributed by atoms with Crippen LogP contribution in [0.1, 0.15) is 56.0 Å². The van der Waals surface area contributed by atoms with Crippen molar-refractivity contribution in [2.75, 3.05) is 6.61 Å². The Morgan fingerprint density at radius 3 is 2.43 bits per heavy atom. The predicted molar refractivity (Wildman–Crippen MR) is 81.4 cm³/mol. The first-order chi connectivity index (χ1) is 10.0. The number of rotatable bonds is 5. The van der Waals surface area contributed by atoms with Crippen LogP contribution in [0.2, 0.25) is 0 Å². The SMILES string of the molecule is CCC(CC)(CC)NC(=O)c1ccc(F)cc1C#CCO. The molecule has 4 heteroatoms. The molecule has 2 N–H and O–H groups in total. The van der Waals surface area contributed by atoms with E-state index in [0.717, 1.165) is 19.3 Å². The Bertz CT molecular complexity index is 545. The van der Waals surface area contributed by atoms with E-state index in [0.29, 0.717) is 11.1 Å². The fraction of sp³-hybridized carbons (Fsp3) is 0.471. The number of carbonyl (C=O) groups excluding carboxylic acids is 1. The van der Waals surface area contributed by atoms with E-state index in [-0.39, 0.29) is 18.1 Å². The first kappa shape index (κ1) is 17.2. The average Bonchev–Trinajstić information content (AvgIpc) is 2.50. The van der Waals surface area contributed by atoms with Gasteiger partial charge in [0.05, 0.1) is 5.56 Å². The summed E-state index contributed by atoms with van der Waals surface area (Å²) in [5, 5.41) is 11.8. The molecule has 0 unspecified atom stereocenters. The minimum atomic E-state index is -0.457. The van der Waals surface area contributed by atoms with Gasteiger partial charge in [0.25, 0.3) is 5.91 Å². The molecule has 1 aromatic rings. The van der Waals surface area contributed by atoms with Crippen molar-refractivity contribution in [2.45, 2.75) is 45.6 Å². The molecule has 0 aliphatic heterocycles. The summed E-state index contributed by atoms with van der Waals surface area (Å²) in [7, 11) is 0. The monoisotopic (exact) mass is 291 g/mol. The van der Waals surface area contributed by atoms with Crippen LogP contribution in [-0.2, 0) is 0 Å². The van der Waals surface area contributed by atoms with Gasteiger partial charge < -0.3 is 10.4 Å². The van der Waals surface area contributed by atoms with E-state index in [1.165, 1.54) is 18.2 Å². The number of benzene rings is 1. The highest BCUT2D eigenvalue weighted by Crippen LogP contribution is 2.21. The molecule has 21 heavy (non-hydrogen) atoms. The number of aliphatic hydroxyl groups is 1. The second kappa shape index (κ2) is 7.80. The fourth-order valence-electron chi connectivity index (χ4n) is 2.28. The summed E-state index contributed by atoms with van der Waals surface area (Å²) in [5.41, 5.74) is 0.364. The van der Waals surface area contributed by atoms with E-state index >= 15 is 0 Å². The second-order valence-corrected chi connectivity index (χ2v) is 4.94. The third-order valence-corrected chi connectivity index (χ3v) is 3.94. The maximum absolute atomic E-state index is 13.3. The van der Waals surface area contributed by atoms with Gasteiger partial charge in [0.1, 0.15) is 12.4 Å². The van der Waals surface area contributed by atoms with Gasteiger partial charge in [0, 0.05) is 11.1 Å². The van der Waals surface area contributed by atoms with Crippen molar-refractivity contribution in [3.05, 3.63) is 35.1 Å². The van der Waals surface area contributed by atoms with E-state index in [9.17, 15) is 9.18 Å². The standard InChI is InChI=1S/C17H22FNO2/c1-4-17(5-2,6-3)19-16(21)15-10-9-14(18)12-13(15)8-7-11-20/h9-10,12,20H,4-6,11H2,1-3H3,(H,19,21). The zero-order chi connectivity index (χ0) is 15.9. The Morgan fingerprint density at radius 1 is 1.29 bits per heavy atom. The first-order valence-electron chi connectivity index (χ1n) is 7.23. The van der Waals surface area contributed by atoms with Crippen molar-refractivity contribution in [1.82, 2.24) is 5.32 Å².